The van der Waals surface area contributed by atoms with Crippen molar-refractivity contribution in [3.8, 4) is 0 Å². The van der Waals surface area contributed by atoms with Gasteiger partial charge in [-0.3, -0.25) is 0 Å². The second-order valence-electron chi connectivity index (χ2n) is 4.32. The highest BCUT2D eigenvalue weighted by atomic mass is 14.9. The maximum atomic E-state index is 3.42. The molecule has 1 aromatic rings. The average molecular weight is 189 g/mol. The average Bonchev–Trinajstić information content (AvgIpc) is 2.94. The van der Waals surface area contributed by atoms with E-state index in [1.165, 1.54) is 24.1 Å². The van der Waals surface area contributed by atoms with Crippen LogP contribution in [0.3, 0.4) is 0 Å². The summed E-state index contributed by atoms with van der Waals surface area (Å²) in [5, 5.41) is 3.42. The molecule has 1 saturated carbocycles. The highest BCUT2D eigenvalue weighted by Gasteiger charge is 2.37. The molecule has 1 aliphatic rings. The summed E-state index contributed by atoms with van der Waals surface area (Å²) in [7, 11) is 0. The van der Waals surface area contributed by atoms with Crippen LogP contribution in [0.5, 0.6) is 0 Å². The van der Waals surface area contributed by atoms with E-state index in [9.17, 15) is 0 Å². The quantitative estimate of drug-likeness (QED) is 0.768. The van der Waals surface area contributed by atoms with E-state index in [4.69, 9.17) is 0 Å². The third-order valence-corrected chi connectivity index (χ3v) is 3.05. The largest absolute Gasteiger partial charge is 0.317 e. The molecule has 1 aliphatic carbocycles. The fourth-order valence-electron chi connectivity index (χ4n) is 2.11. The zero-order valence-electron chi connectivity index (χ0n) is 9.09. The summed E-state index contributed by atoms with van der Waals surface area (Å²) in [6.45, 7) is 6.63. The molecule has 0 bridgehead atoms. The van der Waals surface area contributed by atoms with Gasteiger partial charge in [0.25, 0.3) is 0 Å². The Labute approximate surface area is 86.5 Å². The predicted octanol–water partition coefficient (Wildman–Crippen LogP) is 2.71. The van der Waals surface area contributed by atoms with Gasteiger partial charge in [0.2, 0.25) is 0 Å². The first-order valence-electron chi connectivity index (χ1n) is 5.58. The molecule has 2 unspecified atom stereocenters. The van der Waals surface area contributed by atoms with Crippen molar-refractivity contribution in [2.24, 2.45) is 5.92 Å². The molecule has 0 aliphatic heterocycles. The molecule has 0 spiro atoms. The van der Waals surface area contributed by atoms with E-state index in [-0.39, 0.29) is 0 Å². The predicted molar refractivity (Wildman–Crippen MR) is 60.6 cm³/mol. The normalized spacial score (nSPS) is 25.0. The topological polar surface area (TPSA) is 12.0 Å². The summed E-state index contributed by atoms with van der Waals surface area (Å²) in [4.78, 5) is 0. The molecule has 1 fully saturated rings. The fourth-order valence-corrected chi connectivity index (χ4v) is 2.11. The highest BCUT2D eigenvalue weighted by Crippen LogP contribution is 2.46. The van der Waals surface area contributed by atoms with E-state index in [1.54, 1.807) is 0 Å². The van der Waals surface area contributed by atoms with Gasteiger partial charge in [-0.2, -0.15) is 0 Å². The van der Waals surface area contributed by atoms with Gasteiger partial charge in [0.15, 0.2) is 0 Å². The van der Waals surface area contributed by atoms with Gasteiger partial charge >= 0.3 is 0 Å². The number of benzene rings is 1. The van der Waals surface area contributed by atoms with Gasteiger partial charge in [0.05, 0.1) is 0 Å². The molecule has 0 heterocycles. The Bertz CT molecular complexity index is 306. The van der Waals surface area contributed by atoms with E-state index in [0.29, 0.717) is 0 Å². The minimum atomic E-state index is 0.828. The summed E-state index contributed by atoms with van der Waals surface area (Å²) in [6.07, 6.45) is 1.37. The van der Waals surface area contributed by atoms with Crippen LogP contribution in [-0.2, 0) is 0 Å². The van der Waals surface area contributed by atoms with Gasteiger partial charge in [-0.1, -0.05) is 36.8 Å². The molecule has 0 radical (unpaired) electrons. The second-order valence-corrected chi connectivity index (χ2v) is 4.32. The zero-order valence-corrected chi connectivity index (χ0v) is 9.09. The van der Waals surface area contributed by atoms with Gasteiger partial charge in [-0.15, -0.1) is 0 Å². The monoisotopic (exact) mass is 189 g/mol. The van der Waals surface area contributed by atoms with Crippen molar-refractivity contribution in [3.05, 3.63) is 35.4 Å². The first-order chi connectivity index (χ1) is 6.81. The molecule has 1 aromatic carbocycles. The summed E-state index contributed by atoms with van der Waals surface area (Å²) < 4.78 is 0. The minimum Gasteiger partial charge on any atom is -0.317 e. The van der Waals surface area contributed by atoms with Crippen molar-refractivity contribution in [2.45, 2.75) is 26.2 Å². The SMILES string of the molecule is CCNCC1CC1c1cccc(C)c1. The maximum absolute atomic E-state index is 3.42. The molecule has 2 rings (SSSR count). The van der Waals surface area contributed by atoms with E-state index in [2.05, 4.69) is 43.4 Å². The molecule has 2 atom stereocenters. The zero-order chi connectivity index (χ0) is 9.97. The molecular weight excluding hydrogens is 170 g/mol. The Morgan fingerprint density at radius 1 is 1.43 bits per heavy atom. The molecule has 0 aromatic heterocycles. The molecule has 1 heteroatoms. The Morgan fingerprint density at radius 2 is 2.29 bits per heavy atom. The van der Waals surface area contributed by atoms with Crippen LogP contribution in [0.25, 0.3) is 0 Å². The molecule has 0 saturated heterocycles. The van der Waals surface area contributed by atoms with Crippen LogP contribution in [0.15, 0.2) is 24.3 Å². The Hall–Kier alpha value is -0.820. The van der Waals surface area contributed by atoms with Gasteiger partial charge in [0, 0.05) is 0 Å². The molecule has 1 N–H and O–H groups in total. The summed E-state index contributed by atoms with van der Waals surface area (Å²) >= 11 is 0. The fraction of sp³-hybridized carbons (Fsp3) is 0.538. The van der Waals surface area contributed by atoms with E-state index >= 15 is 0 Å². The Kier molecular flexibility index (Phi) is 2.87. The maximum Gasteiger partial charge on any atom is -0.00146 e. The van der Waals surface area contributed by atoms with Crippen LogP contribution < -0.4 is 5.32 Å². The lowest BCUT2D eigenvalue weighted by atomic mass is 10.1. The molecule has 1 nitrogen and oxygen atoms in total. The van der Waals surface area contributed by atoms with Crippen molar-refractivity contribution in [1.82, 2.24) is 5.32 Å². The molecule has 76 valence electrons. The van der Waals surface area contributed by atoms with Crippen molar-refractivity contribution in [3.63, 3.8) is 0 Å². The van der Waals surface area contributed by atoms with Crippen LogP contribution in [0, 0.1) is 12.8 Å². The van der Waals surface area contributed by atoms with E-state index in [0.717, 1.165) is 18.4 Å². The van der Waals surface area contributed by atoms with Crippen LogP contribution >= 0.6 is 0 Å². The van der Waals surface area contributed by atoms with E-state index in [1.807, 2.05) is 0 Å². The van der Waals surface area contributed by atoms with Gasteiger partial charge in [0.1, 0.15) is 0 Å². The lowest BCUT2D eigenvalue weighted by Crippen LogP contribution is -2.16. The molecular formula is C13H19N. The third kappa shape index (κ3) is 2.16. The van der Waals surface area contributed by atoms with Crippen molar-refractivity contribution >= 4 is 0 Å². The Balaban J connectivity index is 1.92. The minimum absolute atomic E-state index is 0.828. The van der Waals surface area contributed by atoms with Gasteiger partial charge < -0.3 is 5.32 Å². The van der Waals surface area contributed by atoms with Gasteiger partial charge in [-0.25, -0.2) is 0 Å². The van der Waals surface area contributed by atoms with Crippen LogP contribution in [0.2, 0.25) is 0 Å². The third-order valence-electron chi connectivity index (χ3n) is 3.05. The summed E-state index contributed by atoms with van der Waals surface area (Å²) in [5.41, 5.74) is 2.92. The van der Waals surface area contributed by atoms with Crippen molar-refractivity contribution in [1.29, 1.82) is 0 Å². The first-order valence-corrected chi connectivity index (χ1v) is 5.58. The number of nitrogens with one attached hydrogen (secondary N) is 1. The lowest BCUT2D eigenvalue weighted by Gasteiger charge is -2.02. The summed E-state index contributed by atoms with van der Waals surface area (Å²) in [5.74, 6) is 1.71. The number of hydrogen-bond donors (Lipinski definition) is 1. The number of hydrogen-bond acceptors (Lipinski definition) is 1. The van der Waals surface area contributed by atoms with Crippen molar-refractivity contribution in [2.75, 3.05) is 13.1 Å². The van der Waals surface area contributed by atoms with Crippen LogP contribution in [0.4, 0.5) is 0 Å². The number of rotatable bonds is 4. The highest BCUT2D eigenvalue weighted by molar-refractivity contribution is 5.29. The molecule has 0 amide bonds. The molecule has 14 heavy (non-hydrogen) atoms. The second kappa shape index (κ2) is 4.14. The number of aryl methyl sites for hydroxylation is 1. The smallest absolute Gasteiger partial charge is 0.00146 e. The van der Waals surface area contributed by atoms with Crippen molar-refractivity contribution < 1.29 is 0 Å². The van der Waals surface area contributed by atoms with E-state index < -0.39 is 0 Å². The standard InChI is InChI=1S/C13H19N/c1-3-14-9-12-8-13(12)11-6-4-5-10(2)7-11/h4-7,12-14H,3,8-9H2,1-2H3. The van der Waals surface area contributed by atoms with Gasteiger partial charge in [-0.05, 0) is 43.8 Å². The summed E-state index contributed by atoms with van der Waals surface area (Å²) in [6, 6.07) is 8.94. The Morgan fingerprint density at radius 3 is 3.00 bits per heavy atom. The van der Waals surface area contributed by atoms with Crippen LogP contribution in [0.1, 0.15) is 30.4 Å². The van der Waals surface area contributed by atoms with Crippen LogP contribution in [-0.4, -0.2) is 13.1 Å². The first kappa shape index (κ1) is 9.72. The lowest BCUT2D eigenvalue weighted by molar-refractivity contribution is 0.649.